The van der Waals surface area contributed by atoms with E-state index in [2.05, 4.69) is 31.6 Å². The molecule has 0 bridgehead atoms. The van der Waals surface area contributed by atoms with Gasteiger partial charge < -0.3 is 19.5 Å². The van der Waals surface area contributed by atoms with Gasteiger partial charge in [-0.1, -0.05) is 0 Å². The smallest absolute Gasteiger partial charge is 0.134 e. The summed E-state index contributed by atoms with van der Waals surface area (Å²) in [7, 11) is 2.18. The number of piperazine rings is 1. The molecule has 1 saturated heterocycles. The maximum atomic E-state index is 9.25. The van der Waals surface area contributed by atoms with Crippen molar-refractivity contribution in [2.75, 3.05) is 46.4 Å². The minimum atomic E-state index is 0.267. The highest BCUT2D eigenvalue weighted by molar-refractivity contribution is 5.01. The number of hydrogen-bond donors (Lipinski definition) is 1. The Bertz CT molecular complexity index is 439. The molecule has 0 saturated carbocycles. The molecule has 0 radical (unpaired) electrons. The van der Waals surface area contributed by atoms with E-state index < -0.39 is 0 Å². The molecular weight excluding hydrogens is 254 g/mol. The third kappa shape index (κ3) is 3.02. The molecule has 0 aliphatic carbocycles. The van der Waals surface area contributed by atoms with Crippen LogP contribution in [0.5, 0.6) is 0 Å². The number of nitrogens with zero attached hydrogens (tertiary/aromatic N) is 5. The number of aliphatic hydroxyl groups excluding tert-OH is 1. The van der Waals surface area contributed by atoms with E-state index in [0.29, 0.717) is 5.92 Å². The van der Waals surface area contributed by atoms with Crippen molar-refractivity contribution in [3.63, 3.8) is 0 Å². The summed E-state index contributed by atoms with van der Waals surface area (Å²) in [6, 6.07) is 0. The number of likely N-dealkylation sites (N-methyl/N-ethyl adjacent to an activating group) is 1. The van der Waals surface area contributed by atoms with E-state index in [1.54, 1.807) is 0 Å². The Labute approximate surface area is 120 Å². The summed E-state index contributed by atoms with van der Waals surface area (Å²) in [5.41, 5.74) is 0. The van der Waals surface area contributed by atoms with Gasteiger partial charge in [-0.15, -0.1) is 10.2 Å². The highest BCUT2D eigenvalue weighted by Gasteiger charge is 2.22. The van der Waals surface area contributed by atoms with Gasteiger partial charge in [-0.3, -0.25) is 0 Å². The van der Waals surface area contributed by atoms with Crippen molar-refractivity contribution >= 4 is 0 Å². The van der Waals surface area contributed by atoms with Crippen molar-refractivity contribution in [3.8, 4) is 0 Å². The lowest BCUT2D eigenvalue weighted by Crippen LogP contribution is -2.45. The van der Waals surface area contributed by atoms with Crippen LogP contribution in [-0.2, 0) is 19.4 Å². The standard InChI is InChI=1S/C14H25N5O/c1-17-6-8-18(9-7-17)4-3-13-15-16-14-10-12(11-20)2-5-19(13)14/h12,20H,2-11H2,1H3. The first-order chi connectivity index (χ1) is 9.76. The van der Waals surface area contributed by atoms with E-state index in [-0.39, 0.29) is 6.61 Å². The lowest BCUT2D eigenvalue weighted by Gasteiger charge is -2.32. The Balaban J connectivity index is 1.55. The average molecular weight is 279 g/mol. The van der Waals surface area contributed by atoms with Gasteiger partial charge in [-0.25, -0.2) is 0 Å². The molecule has 1 aromatic rings. The van der Waals surface area contributed by atoms with E-state index in [0.717, 1.165) is 70.2 Å². The van der Waals surface area contributed by atoms with Crippen LogP contribution < -0.4 is 0 Å². The Morgan fingerprint density at radius 2 is 1.95 bits per heavy atom. The van der Waals surface area contributed by atoms with Crippen molar-refractivity contribution in [2.24, 2.45) is 5.92 Å². The summed E-state index contributed by atoms with van der Waals surface area (Å²) < 4.78 is 2.27. The predicted molar refractivity (Wildman–Crippen MR) is 76.6 cm³/mol. The molecule has 0 spiro atoms. The van der Waals surface area contributed by atoms with Gasteiger partial charge in [-0.05, 0) is 19.4 Å². The van der Waals surface area contributed by atoms with Crippen LogP contribution in [0.3, 0.4) is 0 Å². The molecule has 0 amide bonds. The fraction of sp³-hybridized carbons (Fsp3) is 0.857. The topological polar surface area (TPSA) is 57.4 Å². The van der Waals surface area contributed by atoms with E-state index in [1.165, 1.54) is 0 Å². The SMILES string of the molecule is CN1CCN(CCc2nnc3n2CCC(CO)C3)CC1. The van der Waals surface area contributed by atoms with Crippen LogP contribution in [0.4, 0.5) is 0 Å². The highest BCUT2D eigenvalue weighted by Crippen LogP contribution is 2.20. The van der Waals surface area contributed by atoms with Crippen LogP contribution in [-0.4, -0.2) is 76.0 Å². The van der Waals surface area contributed by atoms with Crippen molar-refractivity contribution in [2.45, 2.75) is 25.8 Å². The van der Waals surface area contributed by atoms with Crippen LogP contribution in [0.25, 0.3) is 0 Å². The molecule has 20 heavy (non-hydrogen) atoms. The van der Waals surface area contributed by atoms with Crippen LogP contribution in [0.1, 0.15) is 18.1 Å². The lowest BCUT2D eigenvalue weighted by atomic mass is 9.99. The molecule has 6 heteroatoms. The summed E-state index contributed by atoms with van der Waals surface area (Å²) in [6.45, 7) is 6.95. The fourth-order valence-electron chi connectivity index (χ4n) is 3.12. The fourth-order valence-corrected chi connectivity index (χ4v) is 3.12. The quantitative estimate of drug-likeness (QED) is 0.814. The van der Waals surface area contributed by atoms with Crippen molar-refractivity contribution in [1.82, 2.24) is 24.6 Å². The minimum Gasteiger partial charge on any atom is -0.396 e. The summed E-state index contributed by atoms with van der Waals surface area (Å²) in [5, 5.41) is 17.9. The molecule has 2 aliphatic heterocycles. The molecule has 1 atom stereocenters. The van der Waals surface area contributed by atoms with Crippen molar-refractivity contribution in [3.05, 3.63) is 11.6 Å². The van der Waals surface area contributed by atoms with Crippen LogP contribution in [0.15, 0.2) is 0 Å². The van der Waals surface area contributed by atoms with E-state index in [4.69, 9.17) is 0 Å². The zero-order valence-electron chi connectivity index (χ0n) is 12.3. The zero-order valence-corrected chi connectivity index (χ0v) is 12.3. The lowest BCUT2D eigenvalue weighted by molar-refractivity contribution is 0.154. The molecule has 0 aromatic carbocycles. The molecule has 2 aliphatic rings. The average Bonchev–Trinajstić information content (AvgIpc) is 2.89. The summed E-state index contributed by atoms with van der Waals surface area (Å²) >= 11 is 0. The first-order valence-electron chi connectivity index (χ1n) is 7.69. The van der Waals surface area contributed by atoms with Gasteiger partial charge in [-0.2, -0.15) is 0 Å². The van der Waals surface area contributed by atoms with Gasteiger partial charge in [0.05, 0.1) is 0 Å². The summed E-state index contributed by atoms with van der Waals surface area (Å²) in [5.74, 6) is 2.55. The Morgan fingerprint density at radius 1 is 1.15 bits per heavy atom. The third-order valence-corrected chi connectivity index (χ3v) is 4.64. The second-order valence-corrected chi connectivity index (χ2v) is 6.12. The maximum Gasteiger partial charge on any atom is 0.134 e. The van der Waals surface area contributed by atoms with Gasteiger partial charge in [0.15, 0.2) is 0 Å². The largest absolute Gasteiger partial charge is 0.396 e. The Kier molecular flexibility index (Phi) is 4.33. The second kappa shape index (κ2) is 6.20. The minimum absolute atomic E-state index is 0.267. The maximum absolute atomic E-state index is 9.25. The van der Waals surface area contributed by atoms with Crippen molar-refractivity contribution in [1.29, 1.82) is 0 Å². The molecule has 1 aromatic heterocycles. The predicted octanol–water partition coefficient (Wildman–Crippen LogP) is -0.377. The van der Waals surface area contributed by atoms with E-state index in [9.17, 15) is 5.11 Å². The number of hydrogen-bond acceptors (Lipinski definition) is 5. The van der Waals surface area contributed by atoms with Gasteiger partial charge in [0, 0.05) is 58.7 Å². The molecule has 1 N–H and O–H groups in total. The zero-order chi connectivity index (χ0) is 13.9. The number of fused-ring (bicyclic) bond motifs is 1. The summed E-state index contributed by atoms with van der Waals surface area (Å²) in [4.78, 5) is 4.89. The molecule has 1 fully saturated rings. The number of aromatic nitrogens is 3. The summed E-state index contributed by atoms with van der Waals surface area (Å²) in [6.07, 6.45) is 2.90. The number of rotatable bonds is 4. The molecule has 6 nitrogen and oxygen atoms in total. The van der Waals surface area contributed by atoms with Crippen LogP contribution in [0.2, 0.25) is 0 Å². The molecule has 112 valence electrons. The Morgan fingerprint density at radius 3 is 2.70 bits per heavy atom. The van der Waals surface area contributed by atoms with Crippen LogP contribution in [0, 0.1) is 5.92 Å². The molecule has 1 unspecified atom stereocenters. The first-order valence-corrected chi connectivity index (χ1v) is 7.69. The molecular formula is C14H25N5O. The molecule has 3 rings (SSSR count). The van der Waals surface area contributed by atoms with Gasteiger partial charge >= 0.3 is 0 Å². The van der Waals surface area contributed by atoms with Crippen molar-refractivity contribution < 1.29 is 5.11 Å². The van der Waals surface area contributed by atoms with Gasteiger partial charge in [0.2, 0.25) is 0 Å². The number of aliphatic hydroxyl groups is 1. The normalized spacial score (nSPS) is 24.8. The van der Waals surface area contributed by atoms with Crippen LogP contribution >= 0.6 is 0 Å². The van der Waals surface area contributed by atoms with Gasteiger partial charge in [0.1, 0.15) is 11.6 Å². The monoisotopic (exact) mass is 279 g/mol. The van der Waals surface area contributed by atoms with E-state index >= 15 is 0 Å². The Hall–Kier alpha value is -0.980. The van der Waals surface area contributed by atoms with Gasteiger partial charge in [0.25, 0.3) is 0 Å². The first kappa shape index (κ1) is 14.0. The molecule has 3 heterocycles. The highest BCUT2D eigenvalue weighted by atomic mass is 16.3. The second-order valence-electron chi connectivity index (χ2n) is 6.12. The van der Waals surface area contributed by atoms with E-state index in [1.807, 2.05) is 0 Å². The third-order valence-electron chi connectivity index (χ3n) is 4.64.